The van der Waals surface area contributed by atoms with Crippen LogP contribution in [0.3, 0.4) is 0 Å². The number of likely N-dealkylation sites (N-methyl/N-ethyl adjacent to an activating group) is 1. The van der Waals surface area contributed by atoms with E-state index in [1.807, 2.05) is 74.6 Å². The second-order valence-corrected chi connectivity index (χ2v) is 7.32. The van der Waals surface area contributed by atoms with Crippen LogP contribution in [0.4, 0.5) is 4.39 Å². The molecule has 0 saturated heterocycles. The molecule has 4 rings (SSSR count). The second kappa shape index (κ2) is 7.92. The van der Waals surface area contributed by atoms with Gasteiger partial charge in [-0.3, -0.25) is 4.79 Å². The monoisotopic (exact) mass is 386 g/mol. The highest BCUT2D eigenvalue weighted by molar-refractivity contribution is 5.90. The zero-order valence-electron chi connectivity index (χ0n) is 16.5. The average molecular weight is 386 g/mol. The molecule has 0 aliphatic heterocycles. The highest BCUT2D eigenvalue weighted by atomic mass is 19.1. The lowest BCUT2D eigenvalue weighted by atomic mass is 9.96. The van der Waals surface area contributed by atoms with E-state index in [4.69, 9.17) is 0 Å². The van der Waals surface area contributed by atoms with E-state index in [1.165, 1.54) is 12.1 Å². The number of hydrogen-bond donors (Lipinski definition) is 1. The molecule has 0 atom stereocenters. The van der Waals surface area contributed by atoms with Crippen molar-refractivity contribution in [3.05, 3.63) is 107 Å². The lowest BCUT2D eigenvalue weighted by molar-refractivity contribution is -0.130. The van der Waals surface area contributed by atoms with Gasteiger partial charge in [-0.15, -0.1) is 0 Å². The Bertz CT molecular complexity index is 1100. The minimum absolute atomic E-state index is 0.0176. The quantitative estimate of drug-likeness (QED) is 0.489. The first-order valence-electron chi connectivity index (χ1n) is 9.67. The number of amides is 1. The van der Waals surface area contributed by atoms with Crippen molar-refractivity contribution in [3.63, 3.8) is 0 Å². The van der Waals surface area contributed by atoms with Gasteiger partial charge in [-0.2, -0.15) is 0 Å². The summed E-state index contributed by atoms with van der Waals surface area (Å²) in [6, 6.07) is 24.5. The number of halogens is 1. The maximum absolute atomic E-state index is 13.8. The van der Waals surface area contributed by atoms with Crippen LogP contribution in [0.5, 0.6) is 0 Å². The number of carbonyl (C=O) groups excluding carboxylic acids is 1. The Morgan fingerprint density at radius 1 is 0.966 bits per heavy atom. The van der Waals surface area contributed by atoms with Crippen LogP contribution in [0.1, 0.15) is 28.4 Å². The second-order valence-electron chi connectivity index (χ2n) is 7.32. The molecule has 0 spiro atoms. The summed E-state index contributed by atoms with van der Waals surface area (Å²) in [4.78, 5) is 18.3. The largest absolute Gasteiger partial charge is 0.358 e. The summed E-state index contributed by atoms with van der Waals surface area (Å²) < 4.78 is 13.8. The zero-order chi connectivity index (χ0) is 20.4. The molecule has 1 heterocycles. The molecule has 4 aromatic rings. The summed E-state index contributed by atoms with van der Waals surface area (Å²) in [5.41, 5.74) is 4.68. The number of aromatic amines is 1. The summed E-state index contributed by atoms with van der Waals surface area (Å²) in [6.45, 7) is 1.92. The highest BCUT2D eigenvalue weighted by Crippen LogP contribution is 2.29. The third-order valence-electron chi connectivity index (χ3n) is 5.42. The summed E-state index contributed by atoms with van der Waals surface area (Å²) in [6.07, 6.45) is 0.210. The van der Waals surface area contributed by atoms with Gasteiger partial charge in [-0.25, -0.2) is 4.39 Å². The van der Waals surface area contributed by atoms with E-state index >= 15 is 0 Å². The van der Waals surface area contributed by atoms with Gasteiger partial charge in [0.05, 0.1) is 12.5 Å². The van der Waals surface area contributed by atoms with Crippen molar-refractivity contribution in [1.82, 2.24) is 9.88 Å². The molecule has 0 fully saturated rings. The van der Waals surface area contributed by atoms with E-state index in [0.717, 1.165) is 33.3 Å². The minimum atomic E-state index is -0.301. The third kappa shape index (κ3) is 3.79. The minimum Gasteiger partial charge on any atom is -0.358 e. The number of rotatable bonds is 5. The molecule has 1 N–H and O–H groups in total. The van der Waals surface area contributed by atoms with E-state index in [-0.39, 0.29) is 24.2 Å². The van der Waals surface area contributed by atoms with E-state index in [1.54, 1.807) is 11.0 Å². The van der Waals surface area contributed by atoms with Crippen LogP contribution in [0.2, 0.25) is 0 Å². The van der Waals surface area contributed by atoms with Gasteiger partial charge in [0.2, 0.25) is 5.91 Å². The number of H-pyrrole nitrogens is 1. The number of nitrogens with one attached hydrogen (secondary N) is 1. The molecule has 1 amide bonds. The molecule has 0 bridgehead atoms. The molecule has 0 radical (unpaired) electrons. The maximum Gasteiger partial charge on any atom is 0.227 e. The van der Waals surface area contributed by atoms with Crippen LogP contribution in [-0.2, 0) is 11.2 Å². The normalized spacial score (nSPS) is 11.2. The SMILES string of the molecule is Cc1[nH]c2ccc(F)cc2c1CC(=O)N(C)C(c1ccccc1)c1ccccc1. The summed E-state index contributed by atoms with van der Waals surface area (Å²) in [5, 5.41) is 0.764. The summed E-state index contributed by atoms with van der Waals surface area (Å²) in [5.74, 6) is -0.319. The summed E-state index contributed by atoms with van der Waals surface area (Å²) in [7, 11) is 1.83. The first kappa shape index (κ1) is 18.9. The molecular weight excluding hydrogens is 363 g/mol. The van der Waals surface area contributed by atoms with E-state index < -0.39 is 0 Å². The van der Waals surface area contributed by atoms with Gasteiger partial charge in [0.1, 0.15) is 5.82 Å². The van der Waals surface area contributed by atoms with Crippen molar-refractivity contribution < 1.29 is 9.18 Å². The van der Waals surface area contributed by atoms with Crippen molar-refractivity contribution in [2.45, 2.75) is 19.4 Å². The Labute approximate surface area is 169 Å². The number of aromatic nitrogens is 1. The lowest BCUT2D eigenvalue weighted by Crippen LogP contribution is -2.33. The molecule has 0 aliphatic carbocycles. The fraction of sp³-hybridized carbons (Fsp3) is 0.160. The topological polar surface area (TPSA) is 36.1 Å². The Morgan fingerprint density at radius 2 is 1.55 bits per heavy atom. The number of nitrogens with zero attached hydrogens (tertiary/aromatic N) is 1. The Kier molecular flexibility index (Phi) is 5.17. The van der Waals surface area contributed by atoms with Crippen LogP contribution >= 0.6 is 0 Å². The average Bonchev–Trinajstić information content (AvgIpc) is 3.04. The first-order valence-corrected chi connectivity index (χ1v) is 9.67. The Morgan fingerprint density at radius 3 is 2.14 bits per heavy atom. The van der Waals surface area contributed by atoms with Crippen LogP contribution in [-0.4, -0.2) is 22.8 Å². The van der Waals surface area contributed by atoms with E-state index in [2.05, 4.69) is 4.98 Å². The first-order chi connectivity index (χ1) is 14.0. The molecule has 3 nitrogen and oxygen atoms in total. The van der Waals surface area contributed by atoms with Crippen LogP contribution in [0, 0.1) is 12.7 Å². The van der Waals surface area contributed by atoms with Gasteiger partial charge in [0.25, 0.3) is 0 Å². The number of aryl methyl sites for hydroxylation is 1. The molecule has 0 saturated carbocycles. The van der Waals surface area contributed by atoms with Gasteiger partial charge >= 0.3 is 0 Å². The molecule has 0 unspecified atom stereocenters. The van der Waals surface area contributed by atoms with E-state index in [0.29, 0.717) is 0 Å². The highest BCUT2D eigenvalue weighted by Gasteiger charge is 2.24. The van der Waals surface area contributed by atoms with Crippen molar-refractivity contribution in [2.24, 2.45) is 0 Å². The molecule has 146 valence electrons. The number of benzene rings is 3. The standard InChI is InChI=1S/C25H23FN2O/c1-17-21(22-15-20(26)13-14-23(22)27-17)16-24(29)28(2)25(18-9-5-3-6-10-18)19-11-7-4-8-12-19/h3-15,25,27H,16H2,1-2H3. The van der Waals surface area contributed by atoms with Crippen LogP contribution < -0.4 is 0 Å². The predicted octanol–water partition coefficient (Wildman–Crippen LogP) is 5.41. The Balaban J connectivity index is 1.68. The Hall–Kier alpha value is -3.40. The fourth-order valence-corrected chi connectivity index (χ4v) is 3.91. The predicted molar refractivity (Wildman–Crippen MR) is 114 cm³/mol. The van der Waals surface area contributed by atoms with Crippen molar-refractivity contribution in [2.75, 3.05) is 7.05 Å². The van der Waals surface area contributed by atoms with Gasteiger partial charge in [0, 0.05) is 23.6 Å². The van der Waals surface area contributed by atoms with Crippen molar-refractivity contribution in [3.8, 4) is 0 Å². The van der Waals surface area contributed by atoms with Gasteiger partial charge < -0.3 is 9.88 Å². The summed E-state index contributed by atoms with van der Waals surface area (Å²) >= 11 is 0. The fourth-order valence-electron chi connectivity index (χ4n) is 3.91. The third-order valence-corrected chi connectivity index (χ3v) is 5.42. The van der Waals surface area contributed by atoms with Crippen molar-refractivity contribution >= 4 is 16.8 Å². The van der Waals surface area contributed by atoms with Crippen LogP contribution in [0.15, 0.2) is 78.9 Å². The van der Waals surface area contributed by atoms with Gasteiger partial charge in [-0.05, 0) is 41.8 Å². The molecule has 1 aromatic heterocycles. The number of fused-ring (bicyclic) bond motifs is 1. The molecule has 4 heteroatoms. The smallest absolute Gasteiger partial charge is 0.227 e. The number of carbonyl (C=O) groups is 1. The number of hydrogen-bond acceptors (Lipinski definition) is 1. The van der Waals surface area contributed by atoms with Crippen LogP contribution in [0.25, 0.3) is 10.9 Å². The van der Waals surface area contributed by atoms with Crippen molar-refractivity contribution in [1.29, 1.82) is 0 Å². The van der Waals surface area contributed by atoms with E-state index in [9.17, 15) is 9.18 Å². The zero-order valence-corrected chi connectivity index (χ0v) is 16.5. The molecule has 0 aliphatic rings. The van der Waals surface area contributed by atoms with Gasteiger partial charge in [-0.1, -0.05) is 60.7 Å². The molecule has 29 heavy (non-hydrogen) atoms. The van der Waals surface area contributed by atoms with Gasteiger partial charge in [0.15, 0.2) is 0 Å². The molecular formula is C25H23FN2O. The maximum atomic E-state index is 13.8. The molecule has 3 aromatic carbocycles. The lowest BCUT2D eigenvalue weighted by Gasteiger charge is -2.29.